The molecule has 0 radical (unpaired) electrons. The molecule has 0 bridgehead atoms. The second-order valence-corrected chi connectivity index (χ2v) is 6.32. The van der Waals surface area contributed by atoms with Crippen LogP contribution in [0.25, 0.3) is 0 Å². The average molecular weight is 320 g/mol. The molecule has 1 fully saturated rings. The number of hydrogen-bond donors (Lipinski definition) is 3. The van der Waals surface area contributed by atoms with Gasteiger partial charge < -0.3 is 16.4 Å². The number of hydrogen-bond acceptors (Lipinski definition) is 6. The Hall–Kier alpha value is -1.93. The second kappa shape index (κ2) is 6.89. The zero-order chi connectivity index (χ0) is 15.4. The van der Waals surface area contributed by atoms with Crippen LogP contribution >= 0.6 is 11.3 Å². The lowest BCUT2D eigenvalue weighted by atomic mass is 9.97. The van der Waals surface area contributed by atoms with E-state index in [4.69, 9.17) is 5.73 Å². The first kappa shape index (κ1) is 15.0. The Labute approximate surface area is 132 Å². The third-order valence-corrected chi connectivity index (χ3v) is 4.44. The summed E-state index contributed by atoms with van der Waals surface area (Å²) in [7, 11) is 0. The van der Waals surface area contributed by atoms with Crippen LogP contribution in [-0.2, 0) is 17.9 Å². The van der Waals surface area contributed by atoms with Gasteiger partial charge in [0.25, 0.3) is 0 Å². The van der Waals surface area contributed by atoms with Gasteiger partial charge in [-0.3, -0.25) is 9.48 Å². The lowest BCUT2D eigenvalue weighted by molar-refractivity contribution is -0.122. The van der Waals surface area contributed by atoms with Crippen molar-refractivity contribution in [3.05, 3.63) is 29.0 Å². The number of nitrogens with zero attached hydrogens (tertiary/aromatic N) is 3. The zero-order valence-electron chi connectivity index (χ0n) is 12.3. The average Bonchev–Trinajstić information content (AvgIpc) is 3.15. The topological polar surface area (TPSA) is 97.9 Å². The summed E-state index contributed by atoms with van der Waals surface area (Å²) in [6.07, 6.45) is 4.20. The van der Waals surface area contributed by atoms with Gasteiger partial charge in [-0.15, -0.1) is 11.3 Å². The molecule has 1 atom stereocenters. The molecule has 3 rings (SSSR count). The van der Waals surface area contributed by atoms with Gasteiger partial charge in [-0.1, -0.05) is 0 Å². The molecule has 4 N–H and O–H groups in total. The highest BCUT2D eigenvalue weighted by Crippen LogP contribution is 2.21. The molecule has 2 aromatic heterocycles. The van der Waals surface area contributed by atoms with Crippen molar-refractivity contribution in [1.82, 2.24) is 25.4 Å². The third kappa shape index (κ3) is 3.83. The number of amides is 1. The lowest BCUT2D eigenvalue weighted by Crippen LogP contribution is -2.29. The highest BCUT2D eigenvalue weighted by atomic mass is 32.1. The van der Waals surface area contributed by atoms with Crippen molar-refractivity contribution < 1.29 is 4.79 Å². The van der Waals surface area contributed by atoms with Gasteiger partial charge in [0.2, 0.25) is 5.91 Å². The van der Waals surface area contributed by atoms with E-state index < -0.39 is 0 Å². The van der Waals surface area contributed by atoms with E-state index in [2.05, 4.69) is 20.7 Å². The number of rotatable bonds is 5. The first-order valence-electron chi connectivity index (χ1n) is 7.41. The van der Waals surface area contributed by atoms with E-state index in [-0.39, 0.29) is 12.5 Å². The summed E-state index contributed by atoms with van der Waals surface area (Å²) in [6.45, 7) is 2.67. The maximum atomic E-state index is 11.9. The summed E-state index contributed by atoms with van der Waals surface area (Å²) in [4.78, 5) is 16.0. The standard InChI is InChI=1S/C14H20N6OS/c15-14-18-11(9-22-14)7-17-13(21)8-20-5-3-12(19-20)10-2-1-4-16-6-10/h3,5,9-10,16H,1-2,4,6-8H2,(H2,15,18)(H,17,21). The largest absolute Gasteiger partial charge is 0.375 e. The minimum atomic E-state index is -0.0806. The molecule has 118 valence electrons. The van der Waals surface area contributed by atoms with Gasteiger partial charge in [0.15, 0.2) is 5.13 Å². The molecule has 22 heavy (non-hydrogen) atoms. The smallest absolute Gasteiger partial charge is 0.242 e. The van der Waals surface area contributed by atoms with Gasteiger partial charge in [0.05, 0.1) is 17.9 Å². The third-order valence-electron chi connectivity index (χ3n) is 3.72. The molecular formula is C14H20N6OS. The molecule has 0 aliphatic carbocycles. The van der Waals surface area contributed by atoms with Crippen molar-refractivity contribution in [2.24, 2.45) is 0 Å². The Morgan fingerprint density at radius 3 is 3.23 bits per heavy atom. The zero-order valence-corrected chi connectivity index (χ0v) is 13.1. The number of anilines is 1. The van der Waals surface area contributed by atoms with E-state index in [9.17, 15) is 4.79 Å². The summed E-state index contributed by atoms with van der Waals surface area (Å²) in [6, 6.07) is 2.01. The minimum Gasteiger partial charge on any atom is -0.375 e. The molecule has 1 aliphatic rings. The van der Waals surface area contributed by atoms with E-state index in [0.29, 0.717) is 17.6 Å². The van der Waals surface area contributed by atoms with Crippen LogP contribution in [-0.4, -0.2) is 33.8 Å². The number of piperidine rings is 1. The molecule has 0 aromatic carbocycles. The van der Waals surface area contributed by atoms with E-state index in [1.165, 1.54) is 17.8 Å². The van der Waals surface area contributed by atoms with E-state index >= 15 is 0 Å². The minimum absolute atomic E-state index is 0.0806. The monoisotopic (exact) mass is 320 g/mol. The molecule has 8 heteroatoms. The van der Waals surface area contributed by atoms with Crippen LogP contribution in [0.1, 0.15) is 30.1 Å². The summed E-state index contributed by atoms with van der Waals surface area (Å²) < 4.78 is 1.69. The van der Waals surface area contributed by atoms with Crippen molar-refractivity contribution in [1.29, 1.82) is 0 Å². The molecule has 7 nitrogen and oxygen atoms in total. The predicted molar refractivity (Wildman–Crippen MR) is 85.4 cm³/mol. The van der Waals surface area contributed by atoms with Crippen molar-refractivity contribution in [2.75, 3.05) is 18.8 Å². The molecule has 0 spiro atoms. The molecule has 0 saturated carbocycles. The van der Waals surface area contributed by atoms with Crippen LogP contribution < -0.4 is 16.4 Å². The number of nitrogens with two attached hydrogens (primary N) is 1. The first-order chi connectivity index (χ1) is 10.7. The maximum Gasteiger partial charge on any atom is 0.242 e. The van der Waals surface area contributed by atoms with Crippen molar-refractivity contribution in [2.45, 2.75) is 31.8 Å². The molecule has 2 aromatic rings. The summed E-state index contributed by atoms with van der Waals surface area (Å²) in [5, 5.41) is 13.1. The quantitative estimate of drug-likeness (QED) is 0.753. The molecule has 1 aliphatic heterocycles. The Balaban J connectivity index is 1.50. The van der Waals surface area contributed by atoms with Gasteiger partial charge in [0, 0.05) is 24.0 Å². The number of carbonyl (C=O) groups excluding carboxylic acids is 1. The normalized spacial score (nSPS) is 18.3. The van der Waals surface area contributed by atoms with Crippen LogP contribution in [0.5, 0.6) is 0 Å². The number of carbonyl (C=O) groups is 1. The van der Waals surface area contributed by atoms with Gasteiger partial charge in [-0.2, -0.15) is 5.10 Å². The fourth-order valence-corrected chi connectivity index (χ4v) is 3.15. The molecule has 1 unspecified atom stereocenters. The SMILES string of the molecule is Nc1nc(CNC(=O)Cn2ccc(C3CCCNC3)n2)cs1. The number of nitrogens with one attached hydrogen (secondary N) is 2. The van der Waals surface area contributed by atoms with E-state index in [0.717, 1.165) is 30.9 Å². The number of thiazole rings is 1. The number of nitrogen functional groups attached to an aromatic ring is 1. The molecule has 1 amide bonds. The highest BCUT2D eigenvalue weighted by Gasteiger charge is 2.17. The van der Waals surface area contributed by atoms with Gasteiger partial charge in [-0.25, -0.2) is 4.98 Å². The Morgan fingerprint density at radius 2 is 2.50 bits per heavy atom. The molecular weight excluding hydrogens is 300 g/mol. The van der Waals surface area contributed by atoms with E-state index in [1.807, 2.05) is 17.6 Å². The molecule has 1 saturated heterocycles. The highest BCUT2D eigenvalue weighted by molar-refractivity contribution is 7.13. The Bertz CT molecular complexity index is 631. The van der Waals surface area contributed by atoms with Gasteiger partial charge >= 0.3 is 0 Å². The first-order valence-corrected chi connectivity index (χ1v) is 8.29. The fraction of sp³-hybridized carbons (Fsp3) is 0.500. The Morgan fingerprint density at radius 1 is 1.59 bits per heavy atom. The van der Waals surface area contributed by atoms with Crippen LogP contribution in [0.15, 0.2) is 17.6 Å². The second-order valence-electron chi connectivity index (χ2n) is 5.44. The fourth-order valence-electron chi connectivity index (χ4n) is 2.58. The van der Waals surface area contributed by atoms with Crippen molar-refractivity contribution >= 4 is 22.4 Å². The van der Waals surface area contributed by atoms with Gasteiger partial charge in [-0.05, 0) is 25.5 Å². The van der Waals surface area contributed by atoms with Crippen LogP contribution in [0.2, 0.25) is 0 Å². The molecule has 3 heterocycles. The summed E-state index contributed by atoms with van der Waals surface area (Å²) >= 11 is 1.37. The van der Waals surface area contributed by atoms with Crippen LogP contribution in [0.3, 0.4) is 0 Å². The maximum absolute atomic E-state index is 11.9. The summed E-state index contributed by atoms with van der Waals surface area (Å²) in [5.74, 6) is 0.374. The Kier molecular flexibility index (Phi) is 4.69. The van der Waals surface area contributed by atoms with Crippen molar-refractivity contribution in [3.63, 3.8) is 0 Å². The predicted octanol–water partition coefficient (Wildman–Crippen LogP) is 0.705. The van der Waals surface area contributed by atoms with Crippen LogP contribution in [0.4, 0.5) is 5.13 Å². The van der Waals surface area contributed by atoms with Gasteiger partial charge in [0.1, 0.15) is 6.54 Å². The number of aromatic nitrogens is 3. The lowest BCUT2D eigenvalue weighted by Gasteiger charge is -2.20. The van der Waals surface area contributed by atoms with Crippen molar-refractivity contribution in [3.8, 4) is 0 Å². The summed E-state index contributed by atoms with van der Waals surface area (Å²) in [5.41, 5.74) is 7.40. The van der Waals surface area contributed by atoms with Crippen LogP contribution in [0, 0.1) is 0 Å². The van der Waals surface area contributed by atoms with E-state index in [1.54, 1.807) is 4.68 Å².